The fourth-order valence-corrected chi connectivity index (χ4v) is 2.28. The molecule has 2 aromatic rings. The lowest BCUT2D eigenvalue weighted by Crippen LogP contribution is -2.19. The van der Waals surface area contributed by atoms with Crippen LogP contribution in [0.2, 0.25) is 0 Å². The highest BCUT2D eigenvalue weighted by Crippen LogP contribution is 2.11. The molecule has 0 saturated carbocycles. The van der Waals surface area contributed by atoms with E-state index in [1.807, 2.05) is 36.4 Å². The fourth-order valence-electron chi connectivity index (χ4n) is 2.28. The first kappa shape index (κ1) is 26.4. The summed E-state index contributed by atoms with van der Waals surface area (Å²) < 4.78 is 10.5. The van der Waals surface area contributed by atoms with E-state index >= 15 is 0 Å². The summed E-state index contributed by atoms with van der Waals surface area (Å²) in [6.07, 6.45) is -1.71. The number of carboxylic acid groups (broad SMARTS) is 2. The maximum Gasteiger partial charge on any atom is 0.331 e. The number of hydrogen-bond donors (Lipinski definition) is 4. The van der Waals surface area contributed by atoms with Crippen molar-refractivity contribution in [3.05, 3.63) is 85.0 Å². The van der Waals surface area contributed by atoms with E-state index in [4.69, 9.17) is 19.7 Å². The van der Waals surface area contributed by atoms with Gasteiger partial charge >= 0.3 is 11.9 Å². The third-order valence-electron chi connectivity index (χ3n) is 3.94. The SMILES string of the molecule is C=C(CC(O)COc1ccccc1)C(=O)O.C=C(CC(O)COc1ccccc1)C(=O)O. The topological polar surface area (TPSA) is 134 Å². The van der Waals surface area contributed by atoms with Crippen LogP contribution in [0.4, 0.5) is 0 Å². The molecule has 0 saturated heterocycles. The molecule has 2 unspecified atom stereocenters. The molecule has 8 heteroatoms. The Morgan fingerprint density at radius 2 is 1.00 bits per heavy atom. The standard InChI is InChI=1S/2C12H14O4/c2*1-9(12(14)15)7-10(13)8-16-11-5-3-2-4-6-11/h2*2-6,10,13H,1,7-8H2,(H,14,15). The Kier molecular flexibility index (Phi) is 11.9. The van der Waals surface area contributed by atoms with Gasteiger partial charge in [-0.25, -0.2) is 9.59 Å². The molecular formula is C24H28O8. The van der Waals surface area contributed by atoms with Crippen molar-refractivity contribution in [2.45, 2.75) is 25.0 Å². The molecule has 172 valence electrons. The molecule has 0 radical (unpaired) electrons. The van der Waals surface area contributed by atoms with Crippen LogP contribution in [-0.2, 0) is 9.59 Å². The van der Waals surface area contributed by atoms with Crippen molar-refractivity contribution in [3.8, 4) is 11.5 Å². The van der Waals surface area contributed by atoms with Gasteiger partial charge in [0.15, 0.2) is 0 Å². The van der Waals surface area contributed by atoms with Crippen molar-refractivity contribution in [2.24, 2.45) is 0 Å². The summed E-state index contributed by atoms with van der Waals surface area (Å²) in [5.74, 6) is -0.914. The van der Waals surface area contributed by atoms with Crippen LogP contribution in [0.5, 0.6) is 11.5 Å². The average molecular weight is 444 g/mol. The number of aliphatic hydroxyl groups is 2. The van der Waals surface area contributed by atoms with Gasteiger partial charge in [-0.2, -0.15) is 0 Å². The summed E-state index contributed by atoms with van der Waals surface area (Å²) in [5, 5.41) is 36.1. The number of aliphatic hydroxyl groups excluding tert-OH is 2. The van der Waals surface area contributed by atoms with E-state index in [0.717, 1.165) is 0 Å². The highest BCUT2D eigenvalue weighted by atomic mass is 16.5. The zero-order valence-corrected chi connectivity index (χ0v) is 17.6. The van der Waals surface area contributed by atoms with E-state index in [1.54, 1.807) is 24.3 Å². The van der Waals surface area contributed by atoms with Gasteiger partial charge < -0.3 is 29.9 Å². The lowest BCUT2D eigenvalue weighted by Gasteiger charge is -2.11. The molecule has 4 N–H and O–H groups in total. The van der Waals surface area contributed by atoms with Crippen molar-refractivity contribution >= 4 is 11.9 Å². The molecule has 0 fully saturated rings. The Hall–Kier alpha value is -3.62. The molecule has 0 amide bonds. The zero-order valence-electron chi connectivity index (χ0n) is 17.6. The van der Waals surface area contributed by atoms with Gasteiger partial charge in [0, 0.05) is 24.0 Å². The normalized spacial score (nSPS) is 11.8. The summed E-state index contributed by atoms with van der Waals surface area (Å²) in [6, 6.07) is 18.0. The maximum absolute atomic E-state index is 10.5. The minimum atomic E-state index is -1.10. The van der Waals surface area contributed by atoms with Crippen LogP contribution in [0, 0.1) is 0 Å². The number of ether oxygens (including phenoxy) is 2. The third kappa shape index (κ3) is 11.5. The largest absolute Gasteiger partial charge is 0.491 e. The van der Waals surface area contributed by atoms with E-state index in [9.17, 15) is 19.8 Å². The van der Waals surface area contributed by atoms with Crippen LogP contribution in [-0.4, -0.2) is 57.8 Å². The molecule has 0 spiro atoms. The number of carboxylic acids is 2. The number of hydrogen-bond acceptors (Lipinski definition) is 6. The Morgan fingerprint density at radius 3 is 1.28 bits per heavy atom. The van der Waals surface area contributed by atoms with Gasteiger partial charge in [0.2, 0.25) is 0 Å². The number of para-hydroxylation sites is 2. The van der Waals surface area contributed by atoms with Crippen LogP contribution in [0.25, 0.3) is 0 Å². The number of carbonyl (C=O) groups is 2. The predicted molar refractivity (Wildman–Crippen MR) is 119 cm³/mol. The van der Waals surface area contributed by atoms with Gasteiger partial charge in [0.05, 0.1) is 12.2 Å². The Balaban J connectivity index is 0.000000320. The highest BCUT2D eigenvalue weighted by molar-refractivity contribution is 5.86. The maximum atomic E-state index is 10.5. The lowest BCUT2D eigenvalue weighted by molar-refractivity contribution is -0.134. The molecule has 0 aliphatic heterocycles. The second-order valence-electron chi connectivity index (χ2n) is 6.78. The summed E-state index contributed by atoms with van der Waals surface area (Å²) >= 11 is 0. The van der Waals surface area contributed by atoms with Crippen molar-refractivity contribution in [1.82, 2.24) is 0 Å². The molecule has 32 heavy (non-hydrogen) atoms. The second-order valence-corrected chi connectivity index (χ2v) is 6.78. The zero-order chi connectivity index (χ0) is 23.9. The first-order valence-corrected chi connectivity index (χ1v) is 9.73. The van der Waals surface area contributed by atoms with Gasteiger partial charge in [-0.15, -0.1) is 0 Å². The van der Waals surface area contributed by atoms with Crippen molar-refractivity contribution < 1.29 is 39.5 Å². The van der Waals surface area contributed by atoms with Gasteiger partial charge in [0.25, 0.3) is 0 Å². The van der Waals surface area contributed by atoms with Gasteiger partial charge in [0.1, 0.15) is 24.7 Å². The van der Waals surface area contributed by atoms with Crippen molar-refractivity contribution in [1.29, 1.82) is 0 Å². The second kappa shape index (κ2) is 14.4. The molecule has 0 aromatic heterocycles. The van der Waals surface area contributed by atoms with E-state index in [0.29, 0.717) is 11.5 Å². The van der Waals surface area contributed by atoms with E-state index in [-0.39, 0.29) is 37.2 Å². The van der Waals surface area contributed by atoms with Gasteiger partial charge in [-0.1, -0.05) is 49.6 Å². The van der Waals surface area contributed by atoms with Crippen LogP contribution >= 0.6 is 0 Å². The molecule has 8 nitrogen and oxygen atoms in total. The molecule has 0 bridgehead atoms. The molecule has 0 heterocycles. The van der Waals surface area contributed by atoms with Crippen molar-refractivity contribution in [3.63, 3.8) is 0 Å². The summed E-state index contributed by atoms with van der Waals surface area (Å²) in [4.78, 5) is 20.9. The van der Waals surface area contributed by atoms with E-state index in [2.05, 4.69) is 13.2 Å². The van der Waals surface area contributed by atoms with Crippen LogP contribution in [0.15, 0.2) is 85.0 Å². The molecular weight excluding hydrogens is 416 g/mol. The van der Waals surface area contributed by atoms with Crippen LogP contribution in [0.3, 0.4) is 0 Å². The molecule has 0 aliphatic carbocycles. The lowest BCUT2D eigenvalue weighted by atomic mass is 10.1. The predicted octanol–water partition coefficient (Wildman–Crippen LogP) is 2.91. The highest BCUT2D eigenvalue weighted by Gasteiger charge is 2.12. The smallest absolute Gasteiger partial charge is 0.331 e. The van der Waals surface area contributed by atoms with E-state index in [1.165, 1.54) is 0 Å². The van der Waals surface area contributed by atoms with Crippen molar-refractivity contribution in [2.75, 3.05) is 13.2 Å². The minimum Gasteiger partial charge on any atom is -0.491 e. The number of aliphatic carboxylic acids is 2. The monoisotopic (exact) mass is 444 g/mol. The minimum absolute atomic E-state index is 0.00215. The molecule has 2 rings (SSSR count). The number of rotatable bonds is 12. The van der Waals surface area contributed by atoms with Crippen LogP contribution in [0.1, 0.15) is 12.8 Å². The Morgan fingerprint density at radius 1 is 0.688 bits per heavy atom. The Labute approximate surface area is 186 Å². The molecule has 2 aromatic carbocycles. The van der Waals surface area contributed by atoms with Gasteiger partial charge in [-0.3, -0.25) is 0 Å². The van der Waals surface area contributed by atoms with E-state index < -0.39 is 24.1 Å². The fraction of sp³-hybridized carbons (Fsp3) is 0.250. The first-order valence-electron chi connectivity index (χ1n) is 9.73. The average Bonchev–Trinajstić information content (AvgIpc) is 2.78. The number of benzene rings is 2. The molecule has 0 aliphatic rings. The molecule has 2 atom stereocenters. The summed E-state index contributed by atoms with van der Waals surface area (Å²) in [6.45, 7) is 6.77. The first-order chi connectivity index (χ1) is 15.2. The summed E-state index contributed by atoms with van der Waals surface area (Å²) in [7, 11) is 0. The third-order valence-corrected chi connectivity index (χ3v) is 3.94. The Bertz CT molecular complexity index is 791. The van der Waals surface area contributed by atoms with Gasteiger partial charge in [-0.05, 0) is 24.3 Å². The quantitative estimate of drug-likeness (QED) is 0.367. The van der Waals surface area contributed by atoms with Crippen LogP contribution < -0.4 is 9.47 Å². The summed E-state index contributed by atoms with van der Waals surface area (Å²) in [5.41, 5.74) is -0.0478.